The third kappa shape index (κ3) is 5.00. The van der Waals surface area contributed by atoms with Crippen LogP contribution in [0.25, 0.3) is 0 Å². The summed E-state index contributed by atoms with van der Waals surface area (Å²) >= 11 is 3.60. The van der Waals surface area contributed by atoms with Crippen LogP contribution in [-0.2, 0) is 0 Å². The van der Waals surface area contributed by atoms with Crippen molar-refractivity contribution in [2.24, 2.45) is 11.8 Å². The average molecular weight is 388 g/mol. The summed E-state index contributed by atoms with van der Waals surface area (Å²) in [5.74, 6) is 2.11. The number of rotatable bonds is 6. The molecule has 2 heterocycles. The van der Waals surface area contributed by atoms with E-state index in [9.17, 15) is 5.11 Å². The van der Waals surface area contributed by atoms with Crippen LogP contribution in [0, 0.1) is 25.7 Å². The molecule has 0 aromatic carbocycles. The number of aliphatic hydroxyl groups is 2. The van der Waals surface area contributed by atoms with Crippen LogP contribution < -0.4 is 10.1 Å². The molecule has 0 radical (unpaired) electrons. The van der Waals surface area contributed by atoms with Gasteiger partial charge in [-0.2, -0.15) is 14.1 Å². The van der Waals surface area contributed by atoms with E-state index in [0.29, 0.717) is 30.1 Å². The smallest absolute Gasteiger partial charge is 0.241 e. The van der Waals surface area contributed by atoms with E-state index in [1.807, 2.05) is 13.8 Å². The topological polar surface area (TPSA) is 87.5 Å². The SMILES string of the molecule is [2H]B(P)S.[3H]OCCC[C@H]1C[C@H](CCO)[C@H]2Oc3nc(C)nc(C)c3N[C@@H]12. The van der Waals surface area contributed by atoms with Crippen LogP contribution in [0.3, 0.4) is 0 Å². The molecule has 6 nitrogen and oxygen atoms in total. The number of anilines is 1. The van der Waals surface area contributed by atoms with Crippen LogP contribution in [-0.4, -0.2) is 54.6 Å². The van der Waals surface area contributed by atoms with E-state index in [1.165, 1.54) is 0 Å². The summed E-state index contributed by atoms with van der Waals surface area (Å²) in [5, 5.41) is 17.4. The monoisotopic (exact) mass is 388 g/mol. The highest BCUT2D eigenvalue weighted by atomic mass is 32.1. The molecule has 0 saturated heterocycles. The molecule has 9 heteroatoms. The van der Waals surface area contributed by atoms with Crippen molar-refractivity contribution in [3.05, 3.63) is 11.5 Å². The fraction of sp³-hybridized carbons (Fsp3) is 0.750. The predicted octanol–water partition coefficient (Wildman–Crippen LogP) is 1.48. The van der Waals surface area contributed by atoms with Gasteiger partial charge < -0.3 is 20.3 Å². The first kappa shape index (κ1) is 17.8. The molecule has 1 aliphatic heterocycles. The first-order chi connectivity index (χ1) is 12.9. The molecule has 0 bridgehead atoms. The van der Waals surface area contributed by atoms with Gasteiger partial charge in [-0.15, -0.1) is 0 Å². The van der Waals surface area contributed by atoms with E-state index in [0.717, 1.165) is 37.1 Å². The van der Waals surface area contributed by atoms with Gasteiger partial charge in [0.15, 0.2) is 0 Å². The molecule has 1 saturated carbocycles. The van der Waals surface area contributed by atoms with E-state index in [-0.39, 0.29) is 25.0 Å². The quantitative estimate of drug-likeness (QED) is 0.256. The lowest BCUT2D eigenvalue weighted by Gasteiger charge is -2.35. The van der Waals surface area contributed by atoms with Crippen molar-refractivity contribution in [3.63, 3.8) is 0 Å². The van der Waals surface area contributed by atoms with Crippen molar-refractivity contribution < 1.29 is 15.0 Å². The number of fused-ring (bicyclic) bond motifs is 2. The third-order valence-electron chi connectivity index (χ3n) is 4.88. The van der Waals surface area contributed by atoms with E-state index < -0.39 is 0 Å². The molecule has 1 fully saturated rings. The maximum absolute atomic E-state index is 9.35. The highest BCUT2D eigenvalue weighted by Crippen LogP contribution is 2.45. The summed E-state index contributed by atoms with van der Waals surface area (Å²) in [7, 11) is 2.19. The Bertz CT molecular complexity index is 618. The molecule has 25 heavy (non-hydrogen) atoms. The van der Waals surface area contributed by atoms with Crippen molar-refractivity contribution in [3.8, 4) is 5.88 Å². The van der Waals surface area contributed by atoms with E-state index >= 15 is 0 Å². The number of thiol groups is 1. The van der Waals surface area contributed by atoms with Gasteiger partial charge in [-0.05, 0) is 46.8 Å². The van der Waals surface area contributed by atoms with Crippen LogP contribution in [0.2, 0.25) is 0 Å². The van der Waals surface area contributed by atoms with Crippen LogP contribution in [0.1, 0.15) is 37.2 Å². The average Bonchev–Trinajstić information content (AvgIpc) is 2.90. The van der Waals surface area contributed by atoms with Crippen molar-refractivity contribution in [1.82, 2.24) is 9.97 Å². The van der Waals surface area contributed by atoms with Crippen molar-refractivity contribution in [1.29, 1.82) is 2.77 Å². The minimum atomic E-state index is -0.306. The van der Waals surface area contributed by atoms with Crippen molar-refractivity contribution in [2.45, 2.75) is 51.7 Å². The molecule has 3 N–H and O–H groups in total. The van der Waals surface area contributed by atoms with Crippen LogP contribution in [0.4, 0.5) is 5.69 Å². The molecule has 3 rings (SSSR count). The van der Waals surface area contributed by atoms with Gasteiger partial charge in [0.1, 0.15) is 17.6 Å². The summed E-state index contributed by atoms with van der Waals surface area (Å²) in [6.45, 7) is 4.46. The number of hydrogen-bond acceptors (Lipinski definition) is 7. The Balaban J connectivity index is 0.000000596. The van der Waals surface area contributed by atoms with E-state index in [2.05, 4.69) is 42.0 Å². The second kappa shape index (κ2) is 9.95. The van der Waals surface area contributed by atoms with Crippen LogP contribution in [0.15, 0.2) is 0 Å². The van der Waals surface area contributed by atoms with Gasteiger partial charge in [0, 0.05) is 19.1 Å². The van der Waals surface area contributed by atoms with Crippen molar-refractivity contribution in [2.75, 3.05) is 18.5 Å². The first-order valence-corrected chi connectivity index (χ1v) is 9.89. The van der Waals surface area contributed by atoms with Gasteiger partial charge in [0.25, 0.3) is 0 Å². The normalized spacial score (nSPS) is 27.6. The van der Waals surface area contributed by atoms with Crippen LogP contribution in [0.5, 0.6) is 5.88 Å². The van der Waals surface area contributed by atoms with Gasteiger partial charge in [0.05, 0.1) is 11.7 Å². The molecule has 1 unspecified atom stereocenters. The second-order valence-corrected chi connectivity index (χ2v) is 7.75. The molecular formula is C16H29BN3O3PS. The van der Waals surface area contributed by atoms with Crippen molar-refractivity contribution >= 4 is 33.5 Å². The summed E-state index contributed by atoms with van der Waals surface area (Å²) < 4.78 is 19.5. The second-order valence-electron chi connectivity index (χ2n) is 6.55. The number of nitrogens with zero attached hydrogens (tertiary/aromatic N) is 2. The molecule has 2 aliphatic rings. The van der Waals surface area contributed by atoms with Gasteiger partial charge in [0.2, 0.25) is 13.6 Å². The molecule has 1 aromatic rings. The number of hydrogen-bond donors (Lipinski definition) is 4. The Kier molecular flexibility index (Phi) is 7.10. The largest absolute Gasteiger partial charge is 0.470 e. The van der Waals surface area contributed by atoms with Gasteiger partial charge >= 0.3 is 0 Å². The molecule has 5 atom stereocenters. The predicted molar refractivity (Wildman–Crippen MR) is 109 cm³/mol. The van der Waals surface area contributed by atoms with Gasteiger partial charge in [-0.1, -0.05) is 0 Å². The summed E-state index contributed by atoms with van der Waals surface area (Å²) in [4.78, 5) is 8.85. The molecule has 1 aliphatic carbocycles. The third-order valence-corrected chi connectivity index (χ3v) is 4.88. The molecule has 140 valence electrons. The number of aromatic nitrogens is 2. The van der Waals surface area contributed by atoms with Gasteiger partial charge in [-0.25, -0.2) is 17.5 Å². The number of aryl methyl sites for hydroxylation is 2. The lowest BCUT2D eigenvalue weighted by atomic mass is 9.96. The molecule has 0 amide bonds. The summed E-state index contributed by atoms with van der Waals surface area (Å²) in [5.41, 5.74) is 1.80. The fourth-order valence-electron chi connectivity index (χ4n) is 3.92. The molecule has 0 spiro atoms. The summed E-state index contributed by atoms with van der Waals surface area (Å²) in [6, 6.07) is 0.204. The Morgan fingerprint density at radius 2 is 2.20 bits per heavy atom. The zero-order valence-corrected chi connectivity index (χ0v) is 16.9. The highest BCUT2D eigenvalue weighted by Gasteiger charge is 2.47. The maximum Gasteiger partial charge on any atom is 0.241 e. The van der Waals surface area contributed by atoms with E-state index in [1.54, 1.807) is 0 Å². The number of ether oxygens (including phenoxy) is 1. The van der Waals surface area contributed by atoms with Gasteiger partial charge in [-0.3, -0.25) is 0 Å². The Morgan fingerprint density at radius 1 is 1.44 bits per heavy atom. The molecule has 1 aromatic heterocycles. The minimum absolute atomic E-state index is 0.0327. The zero-order valence-electron chi connectivity index (χ0n) is 16.8. The minimum Gasteiger partial charge on any atom is -0.470 e. The Labute approximate surface area is 161 Å². The summed E-state index contributed by atoms with van der Waals surface area (Å²) in [6.07, 6.45) is 3.33. The number of nitrogens with one attached hydrogen (secondary N) is 1. The zero-order chi connectivity index (χ0) is 20.0. The number of aliphatic hydroxyl groups excluding tert-OH is 2. The standard InChI is InChI=1S/C16H25N3O3.BH4PS/c1-9-13-16(18-10(2)17-9)22-15-12(5-7-21)8-11(4-3-6-20)14(15)19-13;2-1-3/h11-12,14-15,19-21H,3-8H2,1-2H3;1,3H,2H2/t11-,12-,14-,15+;/m0./s1/i20T;1D. The lowest BCUT2D eigenvalue weighted by Crippen LogP contribution is -2.44. The lowest BCUT2D eigenvalue weighted by molar-refractivity contribution is 0.113. The highest BCUT2D eigenvalue weighted by molar-refractivity contribution is 8.20. The first-order valence-electron chi connectivity index (χ1n) is 9.69. The Morgan fingerprint density at radius 3 is 2.88 bits per heavy atom. The maximum atomic E-state index is 9.35. The van der Waals surface area contributed by atoms with Crippen LogP contribution >= 0.6 is 21.6 Å². The van der Waals surface area contributed by atoms with E-state index in [4.69, 9.17) is 7.50 Å². The Hall–Kier alpha value is -0.555. The fourth-order valence-corrected chi connectivity index (χ4v) is 3.92. The molecular weight excluding hydrogens is 356 g/mol.